The van der Waals surface area contributed by atoms with Crippen molar-refractivity contribution in [2.45, 2.75) is 51.7 Å². The van der Waals surface area contributed by atoms with Crippen LogP contribution in [0.2, 0.25) is 0 Å². The molecule has 1 N–H and O–H groups in total. The van der Waals surface area contributed by atoms with Crippen LogP contribution in [0, 0.1) is 5.92 Å². The second kappa shape index (κ2) is 7.47. The topological polar surface area (TPSA) is 59.8 Å². The molecule has 1 atom stereocenters. The van der Waals surface area contributed by atoms with Gasteiger partial charge in [-0.1, -0.05) is 6.92 Å². The van der Waals surface area contributed by atoms with Gasteiger partial charge in [-0.05, 0) is 44.2 Å². The maximum Gasteiger partial charge on any atom is 0.435 e. The van der Waals surface area contributed by atoms with Gasteiger partial charge in [-0.3, -0.25) is 14.5 Å². The molecule has 2 aromatic heterocycles. The normalized spacial score (nSPS) is 15.4. The van der Waals surface area contributed by atoms with Crippen molar-refractivity contribution >= 4 is 11.6 Å². The number of hydrogen-bond donors (Lipinski definition) is 1. The fourth-order valence-corrected chi connectivity index (χ4v) is 3.23. The third-order valence-electron chi connectivity index (χ3n) is 4.68. The van der Waals surface area contributed by atoms with Crippen LogP contribution in [-0.4, -0.2) is 20.7 Å². The number of aromatic nitrogens is 3. The molecule has 1 unspecified atom stereocenters. The minimum atomic E-state index is -4.43. The minimum absolute atomic E-state index is 0.185. The summed E-state index contributed by atoms with van der Waals surface area (Å²) in [4.78, 5) is 16.2. The first-order valence-corrected chi connectivity index (χ1v) is 8.73. The number of nitrogens with one attached hydrogen (secondary N) is 1. The molecule has 8 heteroatoms. The number of pyridine rings is 1. The lowest BCUT2D eigenvalue weighted by atomic mass is 9.95. The molecular formula is C18H21F3N4O. The Labute approximate surface area is 149 Å². The van der Waals surface area contributed by atoms with Crippen molar-refractivity contribution in [1.29, 1.82) is 0 Å². The highest BCUT2D eigenvalue weighted by Gasteiger charge is 2.39. The highest BCUT2D eigenvalue weighted by molar-refractivity contribution is 5.92. The second-order valence-electron chi connectivity index (χ2n) is 6.62. The molecule has 1 aliphatic carbocycles. The van der Waals surface area contributed by atoms with Crippen molar-refractivity contribution in [1.82, 2.24) is 14.8 Å². The summed E-state index contributed by atoms with van der Waals surface area (Å²) in [6.45, 7) is 2.05. The van der Waals surface area contributed by atoms with Crippen LogP contribution < -0.4 is 5.32 Å². The first kappa shape index (κ1) is 18.4. The van der Waals surface area contributed by atoms with Crippen LogP contribution >= 0.6 is 0 Å². The van der Waals surface area contributed by atoms with Crippen molar-refractivity contribution in [2.75, 3.05) is 5.32 Å². The van der Waals surface area contributed by atoms with Crippen LogP contribution in [0.15, 0.2) is 24.5 Å². The van der Waals surface area contributed by atoms with Gasteiger partial charge in [0, 0.05) is 29.9 Å². The number of aryl methyl sites for hydroxylation is 1. The number of anilines is 1. The number of amides is 1. The van der Waals surface area contributed by atoms with E-state index < -0.39 is 11.9 Å². The van der Waals surface area contributed by atoms with Gasteiger partial charge in [0.05, 0.1) is 11.9 Å². The summed E-state index contributed by atoms with van der Waals surface area (Å²) in [6, 6.07) is 3.45. The molecular weight excluding hydrogens is 345 g/mol. The van der Waals surface area contributed by atoms with E-state index in [0.29, 0.717) is 42.8 Å². The van der Waals surface area contributed by atoms with E-state index in [1.807, 2.05) is 0 Å². The van der Waals surface area contributed by atoms with Gasteiger partial charge in [-0.25, -0.2) is 0 Å². The average molecular weight is 366 g/mol. The van der Waals surface area contributed by atoms with E-state index in [1.165, 1.54) is 4.68 Å². The zero-order valence-corrected chi connectivity index (χ0v) is 14.5. The second-order valence-corrected chi connectivity index (χ2v) is 6.62. The predicted octanol–water partition coefficient (Wildman–Crippen LogP) is 3.84. The average Bonchev–Trinajstić information content (AvgIpc) is 2.99. The molecule has 0 spiro atoms. The maximum absolute atomic E-state index is 13.2. The van der Waals surface area contributed by atoms with Gasteiger partial charge in [-0.15, -0.1) is 0 Å². The Kier molecular flexibility index (Phi) is 5.29. The monoisotopic (exact) mass is 366 g/mol. The van der Waals surface area contributed by atoms with E-state index in [9.17, 15) is 18.0 Å². The van der Waals surface area contributed by atoms with E-state index in [0.717, 1.165) is 12.8 Å². The summed E-state index contributed by atoms with van der Waals surface area (Å²) in [5, 5.41) is 6.59. The lowest BCUT2D eigenvalue weighted by molar-refractivity contribution is -0.142. The SMILES string of the molecule is CC(CCn1nc(C(F)(F)F)c2c1CCCC2)C(=O)Nc1cccnc1. The highest BCUT2D eigenvalue weighted by Crippen LogP contribution is 2.36. The Morgan fingerprint density at radius 2 is 2.12 bits per heavy atom. The fourth-order valence-electron chi connectivity index (χ4n) is 3.23. The van der Waals surface area contributed by atoms with E-state index in [1.54, 1.807) is 31.5 Å². The third kappa shape index (κ3) is 4.05. The summed E-state index contributed by atoms with van der Waals surface area (Å²) in [7, 11) is 0. The molecule has 0 aromatic carbocycles. The van der Waals surface area contributed by atoms with Gasteiger partial charge in [0.15, 0.2) is 5.69 Å². The summed E-state index contributed by atoms with van der Waals surface area (Å²) < 4.78 is 41.1. The van der Waals surface area contributed by atoms with Crippen LogP contribution in [0.5, 0.6) is 0 Å². The Bertz CT molecular complexity index is 771. The fraction of sp³-hybridized carbons (Fsp3) is 0.500. The first-order valence-electron chi connectivity index (χ1n) is 8.73. The summed E-state index contributed by atoms with van der Waals surface area (Å²) in [5.74, 6) is -0.539. The number of halogens is 3. The van der Waals surface area contributed by atoms with Crippen LogP contribution in [0.4, 0.5) is 18.9 Å². The lowest BCUT2D eigenvalue weighted by Crippen LogP contribution is -2.22. The van der Waals surface area contributed by atoms with E-state index in [4.69, 9.17) is 0 Å². The smallest absolute Gasteiger partial charge is 0.324 e. The van der Waals surface area contributed by atoms with Gasteiger partial charge >= 0.3 is 6.18 Å². The standard InChI is InChI=1S/C18H21F3N4O/c1-12(17(26)23-13-5-4-9-22-11-13)8-10-25-15-7-3-2-6-14(15)16(24-25)18(19,20)21/h4-5,9,11-12H,2-3,6-8,10H2,1H3,(H,23,26). The van der Waals surface area contributed by atoms with E-state index >= 15 is 0 Å². The minimum Gasteiger partial charge on any atom is -0.324 e. The van der Waals surface area contributed by atoms with Crippen molar-refractivity contribution in [3.05, 3.63) is 41.5 Å². The predicted molar refractivity (Wildman–Crippen MR) is 90.5 cm³/mol. The van der Waals surface area contributed by atoms with Crippen LogP contribution in [0.25, 0.3) is 0 Å². The zero-order chi connectivity index (χ0) is 18.7. The molecule has 0 bridgehead atoms. The van der Waals surface area contributed by atoms with Crippen LogP contribution in [0.1, 0.15) is 43.1 Å². The molecule has 1 aliphatic rings. The molecule has 1 amide bonds. The molecule has 0 saturated heterocycles. The molecule has 2 heterocycles. The number of carbonyl (C=O) groups excluding carboxylic acids is 1. The number of rotatable bonds is 5. The molecule has 0 saturated carbocycles. The first-order chi connectivity index (χ1) is 12.4. The molecule has 0 fully saturated rings. The molecule has 140 valence electrons. The molecule has 0 aliphatic heterocycles. The third-order valence-corrected chi connectivity index (χ3v) is 4.68. The summed E-state index contributed by atoms with van der Waals surface area (Å²) >= 11 is 0. The number of carbonyl (C=O) groups is 1. The summed E-state index contributed by atoms with van der Waals surface area (Å²) in [5.41, 5.74) is 0.833. The molecule has 26 heavy (non-hydrogen) atoms. The lowest BCUT2D eigenvalue weighted by Gasteiger charge is -2.16. The Hall–Kier alpha value is -2.38. The molecule has 3 rings (SSSR count). The highest BCUT2D eigenvalue weighted by atomic mass is 19.4. The number of hydrogen-bond acceptors (Lipinski definition) is 3. The Balaban J connectivity index is 1.67. The van der Waals surface area contributed by atoms with Gasteiger partial charge in [0.2, 0.25) is 5.91 Å². The molecule has 0 radical (unpaired) electrons. The Morgan fingerprint density at radius 1 is 1.35 bits per heavy atom. The van der Waals surface area contributed by atoms with Gasteiger partial charge < -0.3 is 5.32 Å². The van der Waals surface area contributed by atoms with Crippen LogP contribution in [0.3, 0.4) is 0 Å². The van der Waals surface area contributed by atoms with Crippen molar-refractivity contribution in [3.63, 3.8) is 0 Å². The Morgan fingerprint density at radius 3 is 2.81 bits per heavy atom. The van der Waals surface area contributed by atoms with Crippen LogP contribution in [-0.2, 0) is 30.4 Å². The summed E-state index contributed by atoms with van der Waals surface area (Å²) in [6.07, 6.45) is 1.78. The largest absolute Gasteiger partial charge is 0.435 e. The van der Waals surface area contributed by atoms with E-state index in [-0.39, 0.29) is 11.8 Å². The van der Waals surface area contributed by atoms with Gasteiger partial charge in [0.25, 0.3) is 0 Å². The van der Waals surface area contributed by atoms with Crippen molar-refractivity contribution in [3.8, 4) is 0 Å². The molecule has 2 aromatic rings. The van der Waals surface area contributed by atoms with Crippen molar-refractivity contribution < 1.29 is 18.0 Å². The molecule has 5 nitrogen and oxygen atoms in total. The van der Waals surface area contributed by atoms with Gasteiger partial charge in [-0.2, -0.15) is 18.3 Å². The zero-order valence-electron chi connectivity index (χ0n) is 14.5. The number of fused-ring (bicyclic) bond motifs is 1. The number of alkyl halides is 3. The van der Waals surface area contributed by atoms with Crippen molar-refractivity contribution in [2.24, 2.45) is 5.92 Å². The quantitative estimate of drug-likeness (QED) is 0.875. The van der Waals surface area contributed by atoms with Gasteiger partial charge in [0.1, 0.15) is 0 Å². The maximum atomic E-state index is 13.2. The van der Waals surface area contributed by atoms with E-state index in [2.05, 4.69) is 15.4 Å². The number of nitrogens with zero attached hydrogens (tertiary/aromatic N) is 3.